The number of hydrogen-bond acceptors (Lipinski definition) is 3. The number of aryl methyl sites for hydroxylation is 1. The van der Waals surface area contributed by atoms with Gasteiger partial charge in [0.2, 0.25) is 0 Å². The van der Waals surface area contributed by atoms with Crippen LogP contribution in [0.2, 0.25) is 0 Å². The van der Waals surface area contributed by atoms with E-state index in [1.54, 1.807) is 0 Å². The van der Waals surface area contributed by atoms with Crippen LogP contribution in [-0.4, -0.2) is 29.6 Å². The van der Waals surface area contributed by atoms with Gasteiger partial charge in [0.25, 0.3) is 0 Å². The standard InChI is InChI=1S/C15H23NO2/c1-2-3-4-13-5-6-14(18-13)15(17)11-16-9-7-12(15)8-10-16/h5-6,12,17H,2-4,7-11H2,1H3. The summed E-state index contributed by atoms with van der Waals surface area (Å²) < 4.78 is 5.90. The smallest absolute Gasteiger partial charge is 0.137 e. The first-order chi connectivity index (χ1) is 8.72. The second kappa shape index (κ2) is 4.71. The second-order valence-electron chi connectivity index (χ2n) is 5.84. The number of rotatable bonds is 4. The summed E-state index contributed by atoms with van der Waals surface area (Å²) in [7, 11) is 0. The van der Waals surface area contributed by atoms with E-state index in [0.29, 0.717) is 5.92 Å². The first-order valence-corrected chi connectivity index (χ1v) is 7.26. The first kappa shape index (κ1) is 12.2. The zero-order chi connectivity index (χ0) is 12.6. The van der Waals surface area contributed by atoms with Gasteiger partial charge < -0.3 is 9.52 Å². The van der Waals surface area contributed by atoms with Gasteiger partial charge in [-0.1, -0.05) is 13.3 Å². The molecule has 4 heterocycles. The molecule has 3 saturated heterocycles. The molecule has 3 fully saturated rings. The Morgan fingerprint density at radius 3 is 2.78 bits per heavy atom. The maximum atomic E-state index is 10.9. The van der Waals surface area contributed by atoms with Gasteiger partial charge in [-0.3, -0.25) is 4.90 Å². The highest BCUT2D eigenvalue weighted by atomic mass is 16.4. The van der Waals surface area contributed by atoms with Crippen molar-refractivity contribution in [3.63, 3.8) is 0 Å². The average molecular weight is 249 g/mol. The molecule has 0 aliphatic carbocycles. The van der Waals surface area contributed by atoms with E-state index in [1.165, 1.54) is 6.42 Å². The molecule has 100 valence electrons. The lowest BCUT2D eigenvalue weighted by Crippen LogP contribution is -2.56. The van der Waals surface area contributed by atoms with Gasteiger partial charge in [-0.05, 0) is 50.4 Å². The summed E-state index contributed by atoms with van der Waals surface area (Å²) in [4.78, 5) is 2.36. The van der Waals surface area contributed by atoms with Crippen LogP contribution in [-0.2, 0) is 12.0 Å². The van der Waals surface area contributed by atoms with Gasteiger partial charge in [0.1, 0.15) is 17.1 Å². The maximum absolute atomic E-state index is 10.9. The molecular weight excluding hydrogens is 226 g/mol. The summed E-state index contributed by atoms with van der Waals surface area (Å²) in [6.45, 7) is 5.20. The number of nitrogens with zero attached hydrogens (tertiary/aromatic N) is 1. The van der Waals surface area contributed by atoms with Crippen LogP contribution >= 0.6 is 0 Å². The Kier molecular flexibility index (Phi) is 3.20. The Morgan fingerprint density at radius 2 is 2.17 bits per heavy atom. The van der Waals surface area contributed by atoms with Crippen LogP contribution < -0.4 is 0 Å². The van der Waals surface area contributed by atoms with Crippen LogP contribution in [0.4, 0.5) is 0 Å². The fourth-order valence-corrected chi connectivity index (χ4v) is 3.41. The Bertz CT molecular complexity index is 406. The summed E-state index contributed by atoms with van der Waals surface area (Å²) >= 11 is 0. The van der Waals surface area contributed by atoms with Gasteiger partial charge in [0.05, 0.1) is 0 Å². The Labute approximate surface area is 109 Å². The Balaban J connectivity index is 1.79. The highest BCUT2D eigenvalue weighted by molar-refractivity contribution is 5.18. The topological polar surface area (TPSA) is 36.6 Å². The van der Waals surface area contributed by atoms with Gasteiger partial charge in [-0.2, -0.15) is 0 Å². The van der Waals surface area contributed by atoms with Gasteiger partial charge >= 0.3 is 0 Å². The molecule has 3 aliphatic rings. The molecule has 0 radical (unpaired) electrons. The Hall–Kier alpha value is -0.800. The molecule has 1 atom stereocenters. The molecule has 3 nitrogen and oxygen atoms in total. The van der Waals surface area contributed by atoms with Crippen molar-refractivity contribution < 1.29 is 9.52 Å². The number of hydrogen-bond donors (Lipinski definition) is 1. The SMILES string of the molecule is CCCCc1ccc(C2(O)CN3CCC2CC3)o1. The van der Waals surface area contributed by atoms with Crippen molar-refractivity contribution in [2.45, 2.75) is 44.6 Å². The highest BCUT2D eigenvalue weighted by Gasteiger charge is 2.48. The molecular formula is C15H23NO2. The minimum Gasteiger partial charge on any atom is -0.463 e. The third-order valence-corrected chi connectivity index (χ3v) is 4.59. The average Bonchev–Trinajstić information content (AvgIpc) is 2.87. The number of unbranched alkanes of at least 4 members (excludes halogenated alkanes) is 1. The van der Waals surface area contributed by atoms with Crippen LogP contribution in [0.25, 0.3) is 0 Å². The quantitative estimate of drug-likeness (QED) is 0.891. The number of fused-ring (bicyclic) bond motifs is 3. The molecule has 0 amide bonds. The zero-order valence-electron chi connectivity index (χ0n) is 11.2. The van der Waals surface area contributed by atoms with Crippen molar-refractivity contribution in [3.8, 4) is 0 Å². The van der Waals surface area contributed by atoms with Crippen molar-refractivity contribution in [2.75, 3.05) is 19.6 Å². The van der Waals surface area contributed by atoms with Crippen molar-refractivity contribution in [1.82, 2.24) is 4.90 Å². The molecule has 1 N–H and O–H groups in total. The van der Waals surface area contributed by atoms with E-state index in [1.807, 2.05) is 12.1 Å². The largest absolute Gasteiger partial charge is 0.463 e. The van der Waals surface area contributed by atoms with Crippen molar-refractivity contribution in [2.24, 2.45) is 5.92 Å². The van der Waals surface area contributed by atoms with E-state index in [2.05, 4.69) is 11.8 Å². The van der Waals surface area contributed by atoms with Crippen LogP contribution in [0.1, 0.15) is 44.1 Å². The number of piperidine rings is 3. The molecule has 18 heavy (non-hydrogen) atoms. The molecule has 2 bridgehead atoms. The molecule has 1 unspecified atom stereocenters. The third-order valence-electron chi connectivity index (χ3n) is 4.59. The lowest BCUT2D eigenvalue weighted by molar-refractivity contribution is -0.129. The summed E-state index contributed by atoms with van der Waals surface area (Å²) in [6, 6.07) is 4.04. The normalized spacial score (nSPS) is 35.0. The summed E-state index contributed by atoms with van der Waals surface area (Å²) in [6.07, 6.45) is 5.52. The predicted molar refractivity (Wildman–Crippen MR) is 70.4 cm³/mol. The van der Waals surface area contributed by atoms with Crippen molar-refractivity contribution in [1.29, 1.82) is 0 Å². The highest BCUT2D eigenvalue weighted by Crippen LogP contribution is 2.42. The number of furan rings is 1. The third kappa shape index (κ3) is 1.99. The summed E-state index contributed by atoms with van der Waals surface area (Å²) in [5.41, 5.74) is -0.735. The fourth-order valence-electron chi connectivity index (χ4n) is 3.41. The summed E-state index contributed by atoms with van der Waals surface area (Å²) in [5.74, 6) is 2.20. The molecule has 3 aliphatic heterocycles. The van der Waals surface area contributed by atoms with Gasteiger partial charge in [0, 0.05) is 13.0 Å². The van der Waals surface area contributed by atoms with Gasteiger partial charge in [-0.15, -0.1) is 0 Å². The van der Waals surface area contributed by atoms with Crippen molar-refractivity contribution in [3.05, 3.63) is 23.7 Å². The van der Waals surface area contributed by atoms with E-state index in [4.69, 9.17) is 4.42 Å². The lowest BCUT2D eigenvalue weighted by atomic mass is 9.74. The van der Waals surface area contributed by atoms with Crippen molar-refractivity contribution >= 4 is 0 Å². The first-order valence-electron chi connectivity index (χ1n) is 7.26. The van der Waals surface area contributed by atoms with Crippen LogP contribution in [0.5, 0.6) is 0 Å². The molecule has 0 spiro atoms. The fraction of sp³-hybridized carbons (Fsp3) is 0.733. The number of aliphatic hydroxyl groups is 1. The van der Waals surface area contributed by atoms with E-state index < -0.39 is 5.60 Å². The second-order valence-corrected chi connectivity index (χ2v) is 5.84. The van der Waals surface area contributed by atoms with E-state index >= 15 is 0 Å². The molecule has 4 rings (SSSR count). The van der Waals surface area contributed by atoms with E-state index in [-0.39, 0.29) is 0 Å². The molecule has 1 aromatic heterocycles. The predicted octanol–water partition coefficient (Wildman–Crippen LogP) is 2.54. The lowest BCUT2D eigenvalue weighted by Gasteiger charge is -2.49. The molecule has 0 saturated carbocycles. The van der Waals surface area contributed by atoms with Gasteiger partial charge in [-0.25, -0.2) is 0 Å². The van der Waals surface area contributed by atoms with Crippen LogP contribution in [0, 0.1) is 5.92 Å². The molecule has 1 aromatic rings. The molecule has 0 aromatic carbocycles. The minimum atomic E-state index is -0.735. The summed E-state index contributed by atoms with van der Waals surface area (Å²) in [5, 5.41) is 10.9. The molecule has 3 heteroatoms. The Morgan fingerprint density at radius 1 is 1.39 bits per heavy atom. The monoisotopic (exact) mass is 249 g/mol. The van der Waals surface area contributed by atoms with E-state index in [9.17, 15) is 5.11 Å². The van der Waals surface area contributed by atoms with Crippen LogP contribution in [0.3, 0.4) is 0 Å². The van der Waals surface area contributed by atoms with Crippen LogP contribution in [0.15, 0.2) is 16.5 Å². The van der Waals surface area contributed by atoms with E-state index in [0.717, 1.165) is 56.8 Å². The maximum Gasteiger partial charge on any atom is 0.137 e. The zero-order valence-corrected chi connectivity index (χ0v) is 11.2. The van der Waals surface area contributed by atoms with Gasteiger partial charge in [0.15, 0.2) is 0 Å². The minimum absolute atomic E-state index is 0.382.